The van der Waals surface area contributed by atoms with Crippen molar-refractivity contribution in [1.29, 1.82) is 0 Å². The summed E-state index contributed by atoms with van der Waals surface area (Å²) in [4.78, 5) is 11.7. The number of nitrogens with one attached hydrogen (secondary N) is 1. The summed E-state index contributed by atoms with van der Waals surface area (Å²) >= 11 is 0. The average molecular weight is 234 g/mol. The van der Waals surface area contributed by atoms with Crippen molar-refractivity contribution in [1.82, 2.24) is 10.2 Å². The molecule has 0 spiro atoms. The molecule has 2 aromatic rings. The average Bonchev–Trinajstić information content (AvgIpc) is 2.34. The molecule has 0 aliphatic heterocycles. The minimum atomic E-state index is -0.221. The third-order valence-electron chi connectivity index (χ3n) is 2.43. The number of ether oxygens (including phenoxy) is 2. The van der Waals surface area contributed by atoms with E-state index in [4.69, 9.17) is 9.47 Å². The first-order valence-electron chi connectivity index (χ1n) is 5.39. The molecular weight excluding hydrogens is 220 g/mol. The zero-order chi connectivity index (χ0) is 12.3. The van der Waals surface area contributed by atoms with Gasteiger partial charge in [-0.2, -0.15) is 5.10 Å². The molecule has 5 heteroatoms. The number of nitrogens with zero attached hydrogens (tertiary/aromatic N) is 1. The standard InChI is InChI=1S/C12H14N2O3/c1-3-17-8-4-5-9-10(6-8)12(15)14-13-11(9)7-16-2/h4-6H,3,7H2,1-2H3,(H,14,15). The van der Waals surface area contributed by atoms with Gasteiger partial charge < -0.3 is 9.47 Å². The zero-order valence-corrected chi connectivity index (χ0v) is 9.82. The maximum Gasteiger partial charge on any atom is 0.272 e. The lowest BCUT2D eigenvalue weighted by molar-refractivity contribution is 0.182. The molecule has 0 amide bonds. The molecule has 90 valence electrons. The molecule has 0 aliphatic rings. The fraction of sp³-hybridized carbons (Fsp3) is 0.333. The predicted octanol–water partition coefficient (Wildman–Crippen LogP) is 1.47. The fourth-order valence-electron chi connectivity index (χ4n) is 1.70. The second kappa shape index (κ2) is 4.97. The zero-order valence-electron chi connectivity index (χ0n) is 9.82. The Morgan fingerprint density at radius 2 is 2.18 bits per heavy atom. The van der Waals surface area contributed by atoms with Crippen LogP contribution in [-0.4, -0.2) is 23.9 Å². The van der Waals surface area contributed by atoms with Gasteiger partial charge in [-0.1, -0.05) is 0 Å². The van der Waals surface area contributed by atoms with Gasteiger partial charge in [0, 0.05) is 12.5 Å². The summed E-state index contributed by atoms with van der Waals surface area (Å²) < 4.78 is 10.4. The molecule has 0 bridgehead atoms. The third-order valence-corrected chi connectivity index (χ3v) is 2.43. The molecule has 1 aromatic heterocycles. The van der Waals surface area contributed by atoms with Crippen molar-refractivity contribution in [3.05, 3.63) is 34.2 Å². The molecule has 0 radical (unpaired) electrons. The van der Waals surface area contributed by atoms with E-state index in [9.17, 15) is 4.79 Å². The normalized spacial score (nSPS) is 10.7. The Bertz CT molecular complexity index is 577. The molecule has 0 unspecified atom stereocenters. The van der Waals surface area contributed by atoms with Gasteiger partial charge in [-0.05, 0) is 25.1 Å². The molecular formula is C12H14N2O3. The molecule has 0 atom stereocenters. The van der Waals surface area contributed by atoms with Gasteiger partial charge in [0.25, 0.3) is 5.56 Å². The summed E-state index contributed by atoms with van der Waals surface area (Å²) in [7, 11) is 1.59. The number of rotatable bonds is 4. The number of hydrogen-bond acceptors (Lipinski definition) is 4. The molecule has 0 saturated carbocycles. The van der Waals surface area contributed by atoms with E-state index in [1.54, 1.807) is 13.2 Å². The predicted molar refractivity (Wildman–Crippen MR) is 64.2 cm³/mol. The van der Waals surface area contributed by atoms with Crippen LogP contribution in [0.4, 0.5) is 0 Å². The van der Waals surface area contributed by atoms with E-state index in [2.05, 4.69) is 10.2 Å². The SMILES string of the molecule is CCOc1ccc2c(COC)n[nH]c(=O)c2c1. The summed E-state index contributed by atoms with van der Waals surface area (Å²) in [5.41, 5.74) is 0.492. The number of H-pyrrole nitrogens is 1. The fourth-order valence-corrected chi connectivity index (χ4v) is 1.70. The lowest BCUT2D eigenvalue weighted by Gasteiger charge is -2.06. The second-order valence-electron chi connectivity index (χ2n) is 3.57. The van der Waals surface area contributed by atoms with Gasteiger partial charge in [0.15, 0.2) is 0 Å². The van der Waals surface area contributed by atoms with Gasteiger partial charge in [-0.15, -0.1) is 0 Å². The Morgan fingerprint density at radius 1 is 1.35 bits per heavy atom. The van der Waals surface area contributed by atoms with Gasteiger partial charge >= 0.3 is 0 Å². The first-order valence-corrected chi connectivity index (χ1v) is 5.39. The molecule has 1 aromatic carbocycles. The Balaban J connectivity index is 2.60. The highest BCUT2D eigenvalue weighted by atomic mass is 16.5. The molecule has 1 heterocycles. The summed E-state index contributed by atoms with van der Waals surface area (Å²) in [6.45, 7) is 2.83. The van der Waals surface area contributed by atoms with Gasteiger partial charge in [0.05, 0.1) is 24.3 Å². The third kappa shape index (κ3) is 2.29. The van der Waals surface area contributed by atoms with Crippen LogP contribution in [0.1, 0.15) is 12.6 Å². The Kier molecular flexibility index (Phi) is 3.39. The van der Waals surface area contributed by atoms with E-state index in [0.717, 1.165) is 5.39 Å². The van der Waals surface area contributed by atoms with Crippen LogP contribution >= 0.6 is 0 Å². The molecule has 0 aliphatic carbocycles. The smallest absolute Gasteiger partial charge is 0.272 e. The highest BCUT2D eigenvalue weighted by molar-refractivity contribution is 5.84. The molecule has 17 heavy (non-hydrogen) atoms. The van der Waals surface area contributed by atoms with Crippen LogP contribution in [0.25, 0.3) is 10.8 Å². The van der Waals surface area contributed by atoms with Crippen molar-refractivity contribution in [2.45, 2.75) is 13.5 Å². The van der Waals surface area contributed by atoms with Crippen molar-refractivity contribution >= 4 is 10.8 Å². The van der Waals surface area contributed by atoms with Crippen molar-refractivity contribution in [3.8, 4) is 5.75 Å². The van der Waals surface area contributed by atoms with Gasteiger partial charge in [0.1, 0.15) is 5.75 Å². The van der Waals surface area contributed by atoms with Crippen LogP contribution in [0, 0.1) is 0 Å². The first-order chi connectivity index (χ1) is 8.26. The number of aromatic nitrogens is 2. The maximum atomic E-state index is 11.7. The van der Waals surface area contributed by atoms with Crippen LogP contribution in [0.5, 0.6) is 5.75 Å². The Hall–Kier alpha value is -1.88. The summed E-state index contributed by atoms with van der Waals surface area (Å²) in [6.07, 6.45) is 0. The monoisotopic (exact) mass is 234 g/mol. The topological polar surface area (TPSA) is 64.2 Å². The summed E-state index contributed by atoms with van der Waals surface area (Å²) in [6, 6.07) is 5.38. The van der Waals surface area contributed by atoms with E-state index >= 15 is 0 Å². The highest BCUT2D eigenvalue weighted by Gasteiger charge is 2.07. The van der Waals surface area contributed by atoms with Crippen molar-refractivity contribution < 1.29 is 9.47 Å². The maximum absolute atomic E-state index is 11.7. The van der Waals surface area contributed by atoms with E-state index in [1.807, 2.05) is 19.1 Å². The Morgan fingerprint density at radius 3 is 2.88 bits per heavy atom. The Labute approximate surface area is 98.4 Å². The quantitative estimate of drug-likeness (QED) is 0.870. The number of hydrogen-bond donors (Lipinski definition) is 1. The summed E-state index contributed by atoms with van der Waals surface area (Å²) in [5, 5.41) is 7.78. The minimum absolute atomic E-state index is 0.221. The van der Waals surface area contributed by atoms with Crippen LogP contribution in [0.15, 0.2) is 23.0 Å². The number of aromatic amines is 1. The van der Waals surface area contributed by atoms with Gasteiger partial charge in [-0.25, -0.2) is 5.10 Å². The number of fused-ring (bicyclic) bond motifs is 1. The molecule has 5 nitrogen and oxygen atoms in total. The lowest BCUT2D eigenvalue weighted by Crippen LogP contribution is -2.11. The van der Waals surface area contributed by atoms with Crippen molar-refractivity contribution in [2.24, 2.45) is 0 Å². The van der Waals surface area contributed by atoms with Crippen molar-refractivity contribution in [3.63, 3.8) is 0 Å². The highest BCUT2D eigenvalue weighted by Crippen LogP contribution is 2.20. The van der Waals surface area contributed by atoms with Crippen molar-refractivity contribution in [2.75, 3.05) is 13.7 Å². The lowest BCUT2D eigenvalue weighted by atomic mass is 10.1. The van der Waals surface area contributed by atoms with E-state index in [1.165, 1.54) is 0 Å². The van der Waals surface area contributed by atoms with Crippen LogP contribution in [0.2, 0.25) is 0 Å². The van der Waals surface area contributed by atoms with E-state index in [-0.39, 0.29) is 5.56 Å². The summed E-state index contributed by atoms with van der Waals surface area (Å²) in [5.74, 6) is 0.681. The van der Waals surface area contributed by atoms with Crippen LogP contribution in [-0.2, 0) is 11.3 Å². The largest absolute Gasteiger partial charge is 0.494 e. The molecule has 0 saturated heterocycles. The first kappa shape index (κ1) is 11.6. The van der Waals surface area contributed by atoms with E-state index in [0.29, 0.717) is 30.0 Å². The van der Waals surface area contributed by atoms with Crippen LogP contribution < -0.4 is 10.3 Å². The van der Waals surface area contributed by atoms with Gasteiger partial charge in [-0.3, -0.25) is 4.79 Å². The number of benzene rings is 1. The molecule has 1 N–H and O–H groups in total. The second-order valence-corrected chi connectivity index (χ2v) is 3.57. The minimum Gasteiger partial charge on any atom is -0.494 e. The molecule has 0 fully saturated rings. The molecule has 2 rings (SSSR count). The van der Waals surface area contributed by atoms with Crippen LogP contribution in [0.3, 0.4) is 0 Å². The van der Waals surface area contributed by atoms with Gasteiger partial charge in [0.2, 0.25) is 0 Å². The van der Waals surface area contributed by atoms with E-state index < -0.39 is 0 Å². The number of methoxy groups -OCH3 is 1.